The summed E-state index contributed by atoms with van der Waals surface area (Å²) in [4.78, 5) is 25.6. The highest BCUT2D eigenvalue weighted by Crippen LogP contribution is 2.29. The number of nitrogens with one attached hydrogen (secondary N) is 1. The molecule has 1 aliphatic rings. The molecule has 1 aromatic heterocycles. The van der Waals surface area contributed by atoms with Gasteiger partial charge in [-0.1, -0.05) is 26.7 Å². The number of carbonyl (C=O) groups is 2. The number of hydrogen-bond donors (Lipinski definition) is 2. The zero-order valence-electron chi connectivity index (χ0n) is 12.6. The number of rotatable bonds is 6. The Morgan fingerprint density at radius 2 is 2.14 bits per heavy atom. The van der Waals surface area contributed by atoms with Gasteiger partial charge in [0.15, 0.2) is 0 Å². The first-order valence-electron chi connectivity index (χ1n) is 7.62. The van der Waals surface area contributed by atoms with E-state index in [1.54, 1.807) is 11.1 Å². The smallest absolute Gasteiger partial charge is 0.308 e. The molecule has 1 aromatic rings. The molecular formula is C15H23N3O3. The fourth-order valence-electron chi connectivity index (χ4n) is 3.09. The fourth-order valence-corrected chi connectivity index (χ4v) is 3.09. The highest BCUT2D eigenvalue weighted by Gasteiger charge is 2.39. The van der Waals surface area contributed by atoms with Gasteiger partial charge in [-0.25, -0.2) is 0 Å². The summed E-state index contributed by atoms with van der Waals surface area (Å²) in [7, 11) is 0. The maximum Gasteiger partial charge on any atom is 0.308 e. The standard InChI is InChI=1S/C15H23N3O3/c1-3-5-10-8-18(9-12(10)15(20)21)14(19)11-7-16-17-13(11)6-4-2/h7,10,12H,3-6,8-9H2,1-2H3,(H,16,17)(H,20,21)/t10-,12-/m1/s1. The van der Waals surface area contributed by atoms with E-state index in [1.165, 1.54) is 0 Å². The monoisotopic (exact) mass is 293 g/mol. The van der Waals surface area contributed by atoms with Crippen molar-refractivity contribution < 1.29 is 14.7 Å². The zero-order chi connectivity index (χ0) is 15.4. The van der Waals surface area contributed by atoms with Crippen molar-refractivity contribution in [3.05, 3.63) is 17.5 Å². The second kappa shape index (κ2) is 6.74. The van der Waals surface area contributed by atoms with E-state index in [0.717, 1.165) is 31.4 Å². The summed E-state index contributed by atoms with van der Waals surface area (Å²) in [5.74, 6) is -1.30. The van der Waals surface area contributed by atoms with Crippen molar-refractivity contribution in [2.75, 3.05) is 13.1 Å². The summed E-state index contributed by atoms with van der Waals surface area (Å²) in [5, 5.41) is 16.1. The Hall–Kier alpha value is -1.85. The van der Waals surface area contributed by atoms with Gasteiger partial charge in [0.25, 0.3) is 5.91 Å². The van der Waals surface area contributed by atoms with Gasteiger partial charge in [-0.3, -0.25) is 14.7 Å². The minimum absolute atomic E-state index is 0.0537. The number of aliphatic carboxylic acids is 1. The van der Waals surface area contributed by atoms with Gasteiger partial charge in [-0.2, -0.15) is 5.10 Å². The molecule has 0 unspecified atom stereocenters. The van der Waals surface area contributed by atoms with Crippen LogP contribution in [-0.2, 0) is 11.2 Å². The molecule has 2 rings (SSSR count). The van der Waals surface area contributed by atoms with Gasteiger partial charge >= 0.3 is 5.97 Å². The first kappa shape index (κ1) is 15.5. The van der Waals surface area contributed by atoms with Crippen LogP contribution in [0.1, 0.15) is 49.2 Å². The number of aromatic nitrogens is 2. The van der Waals surface area contributed by atoms with Crippen LogP contribution in [0.25, 0.3) is 0 Å². The molecule has 1 saturated heterocycles. The van der Waals surface area contributed by atoms with Crippen molar-refractivity contribution >= 4 is 11.9 Å². The molecule has 1 fully saturated rings. The van der Waals surface area contributed by atoms with Crippen molar-refractivity contribution in [3.8, 4) is 0 Å². The van der Waals surface area contributed by atoms with E-state index >= 15 is 0 Å². The molecular weight excluding hydrogens is 270 g/mol. The summed E-state index contributed by atoms with van der Waals surface area (Å²) in [6.07, 6.45) is 5.03. The van der Waals surface area contributed by atoms with Crippen molar-refractivity contribution in [2.45, 2.75) is 39.5 Å². The van der Waals surface area contributed by atoms with Crippen LogP contribution in [0, 0.1) is 11.8 Å². The summed E-state index contributed by atoms with van der Waals surface area (Å²) in [5.41, 5.74) is 1.42. The van der Waals surface area contributed by atoms with E-state index in [1.807, 2.05) is 13.8 Å². The van der Waals surface area contributed by atoms with Crippen LogP contribution in [0.15, 0.2) is 6.20 Å². The summed E-state index contributed by atoms with van der Waals surface area (Å²) < 4.78 is 0. The van der Waals surface area contributed by atoms with Crippen LogP contribution in [0.4, 0.5) is 0 Å². The number of carboxylic acids is 1. The van der Waals surface area contributed by atoms with Crippen molar-refractivity contribution in [3.63, 3.8) is 0 Å². The number of hydrogen-bond acceptors (Lipinski definition) is 3. The van der Waals surface area contributed by atoms with Gasteiger partial charge in [0, 0.05) is 18.8 Å². The van der Waals surface area contributed by atoms with E-state index in [9.17, 15) is 14.7 Å². The lowest BCUT2D eigenvalue weighted by atomic mass is 9.92. The molecule has 1 aliphatic heterocycles. The zero-order valence-corrected chi connectivity index (χ0v) is 12.6. The summed E-state index contributed by atoms with van der Waals surface area (Å²) in [6.45, 7) is 4.91. The highest BCUT2D eigenvalue weighted by atomic mass is 16.4. The lowest BCUT2D eigenvalue weighted by Gasteiger charge is -2.16. The average molecular weight is 293 g/mol. The molecule has 0 saturated carbocycles. The minimum atomic E-state index is -0.801. The topological polar surface area (TPSA) is 86.3 Å². The van der Waals surface area contributed by atoms with Crippen LogP contribution < -0.4 is 0 Å². The van der Waals surface area contributed by atoms with Crippen LogP contribution >= 0.6 is 0 Å². The van der Waals surface area contributed by atoms with Gasteiger partial charge in [0.1, 0.15) is 0 Å². The van der Waals surface area contributed by atoms with E-state index in [-0.39, 0.29) is 11.8 Å². The quantitative estimate of drug-likeness (QED) is 0.839. The molecule has 6 heteroatoms. The van der Waals surface area contributed by atoms with Crippen LogP contribution in [0.5, 0.6) is 0 Å². The summed E-state index contributed by atoms with van der Waals surface area (Å²) >= 11 is 0. The number of nitrogens with zero attached hydrogens (tertiary/aromatic N) is 2. The molecule has 0 bridgehead atoms. The molecule has 2 N–H and O–H groups in total. The van der Waals surface area contributed by atoms with E-state index in [0.29, 0.717) is 18.7 Å². The van der Waals surface area contributed by atoms with E-state index in [2.05, 4.69) is 10.2 Å². The number of carboxylic acid groups (broad SMARTS) is 1. The lowest BCUT2D eigenvalue weighted by Crippen LogP contribution is -2.30. The average Bonchev–Trinajstić information content (AvgIpc) is 3.06. The predicted molar refractivity (Wildman–Crippen MR) is 78.0 cm³/mol. The number of aromatic amines is 1. The third-order valence-electron chi connectivity index (χ3n) is 4.15. The molecule has 2 heterocycles. The molecule has 0 aromatic carbocycles. The molecule has 0 spiro atoms. The Labute approximate surface area is 124 Å². The van der Waals surface area contributed by atoms with Crippen LogP contribution in [-0.4, -0.2) is 45.2 Å². The second-order valence-corrected chi connectivity index (χ2v) is 5.72. The normalized spacial score (nSPS) is 21.7. The Balaban J connectivity index is 2.13. The Morgan fingerprint density at radius 3 is 2.76 bits per heavy atom. The first-order valence-corrected chi connectivity index (χ1v) is 7.62. The van der Waals surface area contributed by atoms with Gasteiger partial charge in [0.2, 0.25) is 0 Å². The van der Waals surface area contributed by atoms with Gasteiger partial charge < -0.3 is 10.0 Å². The third-order valence-corrected chi connectivity index (χ3v) is 4.15. The fraction of sp³-hybridized carbons (Fsp3) is 0.667. The maximum atomic E-state index is 12.6. The molecule has 21 heavy (non-hydrogen) atoms. The second-order valence-electron chi connectivity index (χ2n) is 5.72. The molecule has 116 valence electrons. The van der Waals surface area contributed by atoms with Crippen molar-refractivity contribution in [2.24, 2.45) is 11.8 Å². The molecule has 0 radical (unpaired) electrons. The molecule has 0 aliphatic carbocycles. The third kappa shape index (κ3) is 3.25. The predicted octanol–water partition coefficient (Wildman–Crippen LogP) is 1.94. The van der Waals surface area contributed by atoms with Gasteiger partial charge in [0.05, 0.1) is 17.7 Å². The highest BCUT2D eigenvalue weighted by molar-refractivity contribution is 5.95. The van der Waals surface area contributed by atoms with Crippen LogP contribution in [0.2, 0.25) is 0 Å². The number of carbonyl (C=O) groups excluding carboxylic acids is 1. The van der Waals surface area contributed by atoms with Gasteiger partial charge in [-0.15, -0.1) is 0 Å². The molecule has 6 nitrogen and oxygen atoms in total. The van der Waals surface area contributed by atoms with Gasteiger partial charge in [-0.05, 0) is 18.8 Å². The lowest BCUT2D eigenvalue weighted by molar-refractivity contribution is -0.142. The number of likely N-dealkylation sites (tertiary alicyclic amines) is 1. The number of aryl methyl sites for hydroxylation is 1. The van der Waals surface area contributed by atoms with E-state index in [4.69, 9.17) is 0 Å². The SMILES string of the molecule is CCCc1[nH]ncc1C(=O)N1C[C@@H](CCC)[C@H](C(=O)O)C1. The largest absolute Gasteiger partial charge is 0.481 e. The Morgan fingerprint density at radius 1 is 1.38 bits per heavy atom. The Kier molecular flexibility index (Phi) is 4.98. The Bertz CT molecular complexity index is 512. The number of amides is 1. The minimum Gasteiger partial charge on any atom is -0.481 e. The molecule has 2 atom stereocenters. The van der Waals surface area contributed by atoms with Crippen molar-refractivity contribution in [1.82, 2.24) is 15.1 Å². The maximum absolute atomic E-state index is 12.6. The van der Waals surface area contributed by atoms with Crippen LogP contribution in [0.3, 0.4) is 0 Å². The van der Waals surface area contributed by atoms with Crippen molar-refractivity contribution in [1.29, 1.82) is 0 Å². The first-order chi connectivity index (χ1) is 10.1. The molecule has 1 amide bonds. The summed E-state index contributed by atoms with van der Waals surface area (Å²) in [6, 6.07) is 0. The van der Waals surface area contributed by atoms with E-state index < -0.39 is 11.9 Å². The number of H-pyrrole nitrogens is 1.